The highest BCUT2D eigenvalue weighted by Gasteiger charge is 2.37. The molecule has 1 aliphatic rings. The molecule has 32 heavy (non-hydrogen) atoms. The Morgan fingerprint density at radius 2 is 1.47 bits per heavy atom. The van der Waals surface area contributed by atoms with Gasteiger partial charge in [-0.15, -0.1) is 0 Å². The van der Waals surface area contributed by atoms with E-state index in [-0.39, 0.29) is 13.0 Å². The van der Waals surface area contributed by atoms with Crippen LogP contribution in [0.5, 0.6) is 5.75 Å². The van der Waals surface area contributed by atoms with Crippen molar-refractivity contribution in [3.8, 4) is 5.75 Å². The summed E-state index contributed by atoms with van der Waals surface area (Å²) in [6.45, 7) is 1.92. The molecule has 0 unspecified atom stereocenters. The first-order chi connectivity index (χ1) is 15.6. The molecule has 1 aromatic carbocycles. The van der Waals surface area contributed by atoms with Crippen molar-refractivity contribution in [1.82, 2.24) is 0 Å². The van der Waals surface area contributed by atoms with E-state index in [1.807, 2.05) is 18.2 Å². The van der Waals surface area contributed by atoms with Crippen molar-refractivity contribution in [3.05, 3.63) is 29.8 Å². The predicted molar refractivity (Wildman–Crippen MR) is 129 cm³/mol. The summed E-state index contributed by atoms with van der Waals surface area (Å²) in [7, 11) is 0. The van der Waals surface area contributed by atoms with Crippen LogP contribution in [0, 0.1) is 0 Å². The monoisotopic (exact) mass is 450 g/mol. The van der Waals surface area contributed by atoms with Crippen LogP contribution in [-0.4, -0.2) is 46.5 Å². The largest absolute Gasteiger partial charge is 0.465 e. The number of aliphatic hydroxyl groups is 3. The molecule has 2 rings (SSSR count). The SMILES string of the molecule is CCCCCCCCCCCCCCCc1cccc(O[C@H]2C[C@@H](O)[C@H](O)[C@@H](CO)O2)c1. The number of aryl methyl sites for hydroxylation is 1. The van der Waals surface area contributed by atoms with E-state index < -0.39 is 24.6 Å². The fourth-order valence-corrected chi connectivity index (χ4v) is 4.42. The van der Waals surface area contributed by atoms with Gasteiger partial charge in [-0.2, -0.15) is 0 Å². The van der Waals surface area contributed by atoms with Crippen molar-refractivity contribution >= 4 is 0 Å². The number of benzene rings is 1. The Balaban J connectivity index is 1.54. The van der Waals surface area contributed by atoms with Gasteiger partial charge in [-0.05, 0) is 30.5 Å². The zero-order valence-electron chi connectivity index (χ0n) is 20.1. The van der Waals surface area contributed by atoms with Crippen LogP contribution in [0.3, 0.4) is 0 Å². The average Bonchev–Trinajstić information content (AvgIpc) is 2.79. The molecule has 0 spiro atoms. The molecular weight excluding hydrogens is 404 g/mol. The van der Waals surface area contributed by atoms with Crippen molar-refractivity contribution in [2.75, 3.05) is 6.61 Å². The second-order valence-corrected chi connectivity index (χ2v) is 9.34. The summed E-state index contributed by atoms with van der Waals surface area (Å²) in [6, 6.07) is 7.99. The van der Waals surface area contributed by atoms with Crippen molar-refractivity contribution in [3.63, 3.8) is 0 Å². The number of unbranched alkanes of at least 4 members (excludes halogenated alkanes) is 12. The number of aliphatic hydroxyl groups excluding tert-OH is 3. The summed E-state index contributed by atoms with van der Waals surface area (Å²) < 4.78 is 11.4. The quantitative estimate of drug-likeness (QED) is 0.272. The fourth-order valence-electron chi connectivity index (χ4n) is 4.42. The molecule has 1 saturated heterocycles. The molecule has 5 heteroatoms. The Bertz CT molecular complexity index is 593. The van der Waals surface area contributed by atoms with Crippen LogP contribution < -0.4 is 4.74 Å². The number of hydrogen-bond acceptors (Lipinski definition) is 5. The standard InChI is InChI=1S/C27H46O5/c1-2-3-4-5-6-7-8-9-10-11-12-13-14-16-22-17-15-18-23(19-22)31-26-20-24(29)27(30)25(21-28)32-26/h15,17-19,24-30H,2-14,16,20-21H2,1H3/t24-,25-,26-,27+/m1/s1. The summed E-state index contributed by atoms with van der Waals surface area (Å²) in [5.74, 6) is 0.697. The van der Waals surface area contributed by atoms with Crippen molar-refractivity contribution in [2.45, 2.75) is 128 Å². The van der Waals surface area contributed by atoms with Gasteiger partial charge in [0.25, 0.3) is 0 Å². The smallest absolute Gasteiger partial charge is 0.202 e. The summed E-state index contributed by atoms with van der Waals surface area (Å²) in [4.78, 5) is 0. The fraction of sp³-hybridized carbons (Fsp3) is 0.778. The number of ether oxygens (including phenoxy) is 2. The minimum Gasteiger partial charge on any atom is -0.465 e. The molecule has 0 aliphatic carbocycles. The highest BCUT2D eigenvalue weighted by Crippen LogP contribution is 2.24. The third-order valence-corrected chi connectivity index (χ3v) is 6.45. The van der Waals surface area contributed by atoms with Crippen LogP contribution >= 0.6 is 0 Å². The van der Waals surface area contributed by atoms with Crippen LogP contribution in [0.15, 0.2) is 24.3 Å². The van der Waals surface area contributed by atoms with Crippen LogP contribution in [0.4, 0.5) is 0 Å². The molecule has 4 atom stereocenters. The van der Waals surface area contributed by atoms with Gasteiger partial charge >= 0.3 is 0 Å². The van der Waals surface area contributed by atoms with Crippen LogP contribution in [0.1, 0.15) is 102 Å². The Labute approximate surface area is 195 Å². The Morgan fingerprint density at radius 3 is 2.06 bits per heavy atom. The number of hydrogen-bond donors (Lipinski definition) is 3. The van der Waals surface area contributed by atoms with E-state index in [1.54, 1.807) is 0 Å². The molecule has 1 heterocycles. The third kappa shape index (κ3) is 10.7. The van der Waals surface area contributed by atoms with Gasteiger partial charge in [-0.25, -0.2) is 0 Å². The van der Waals surface area contributed by atoms with E-state index in [0.29, 0.717) is 5.75 Å². The van der Waals surface area contributed by atoms with Crippen LogP contribution in [-0.2, 0) is 11.2 Å². The minimum atomic E-state index is -1.08. The normalized spacial score (nSPS) is 23.4. The maximum Gasteiger partial charge on any atom is 0.202 e. The first-order valence-corrected chi connectivity index (χ1v) is 13.0. The van der Waals surface area contributed by atoms with E-state index in [4.69, 9.17) is 9.47 Å². The molecule has 5 nitrogen and oxygen atoms in total. The van der Waals surface area contributed by atoms with Gasteiger partial charge in [-0.1, -0.05) is 96.1 Å². The predicted octanol–water partition coefficient (Wildman–Crippen LogP) is 5.53. The second kappa shape index (κ2) is 16.5. The average molecular weight is 451 g/mol. The lowest BCUT2D eigenvalue weighted by atomic mass is 10.0. The second-order valence-electron chi connectivity index (χ2n) is 9.34. The van der Waals surface area contributed by atoms with Gasteiger partial charge in [0.15, 0.2) is 0 Å². The topological polar surface area (TPSA) is 79.2 Å². The molecule has 184 valence electrons. The minimum absolute atomic E-state index is 0.181. The van der Waals surface area contributed by atoms with Crippen molar-refractivity contribution in [2.24, 2.45) is 0 Å². The first kappa shape index (κ1) is 27.1. The molecule has 1 aromatic rings. The first-order valence-electron chi connectivity index (χ1n) is 13.0. The molecule has 1 aliphatic heterocycles. The third-order valence-electron chi connectivity index (χ3n) is 6.45. The van der Waals surface area contributed by atoms with E-state index in [0.717, 1.165) is 6.42 Å². The molecule has 1 fully saturated rings. The Hall–Kier alpha value is -1.14. The zero-order valence-corrected chi connectivity index (χ0v) is 20.1. The van der Waals surface area contributed by atoms with Crippen LogP contribution in [0.2, 0.25) is 0 Å². The summed E-state index contributed by atoms with van der Waals surface area (Å²) in [5.41, 5.74) is 1.24. The van der Waals surface area contributed by atoms with Gasteiger partial charge in [0.05, 0.1) is 12.7 Å². The Morgan fingerprint density at radius 1 is 0.875 bits per heavy atom. The maximum atomic E-state index is 9.95. The van der Waals surface area contributed by atoms with Crippen LogP contribution in [0.25, 0.3) is 0 Å². The van der Waals surface area contributed by atoms with E-state index in [9.17, 15) is 15.3 Å². The van der Waals surface area contributed by atoms with Gasteiger partial charge in [0, 0.05) is 6.42 Å². The van der Waals surface area contributed by atoms with E-state index in [1.165, 1.54) is 89.0 Å². The lowest BCUT2D eigenvalue weighted by Gasteiger charge is -2.36. The van der Waals surface area contributed by atoms with Crippen molar-refractivity contribution in [1.29, 1.82) is 0 Å². The summed E-state index contributed by atoms with van der Waals surface area (Å²) in [5, 5.41) is 29.1. The molecular formula is C27H46O5. The zero-order chi connectivity index (χ0) is 23.0. The summed E-state index contributed by atoms with van der Waals surface area (Å²) in [6.07, 6.45) is 15.3. The molecule has 0 bridgehead atoms. The van der Waals surface area contributed by atoms with E-state index >= 15 is 0 Å². The van der Waals surface area contributed by atoms with Gasteiger partial charge in [-0.3, -0.25) is 0 Å². The number of rotatable bonds is 17. The van der Waals surface area contributed by atoms with E-state index in [2.05, 4.69) is 13.0 Å². The lowest BCUT2D eigenvalue weighted by Crippen LogP contribution is -2.51. The van der Waals surface area contributed by atoms with Gasteiger partial charge in [0.1, 0.15) is 18.0 Å². The van der Waals surface area contributed by atoms with Gasteiger partial charge in [0.2, 0.25) is 6.29 Å². The molecule has 0 aromatic heterocycles. The van der Waals surface area contributed by atoms with Gasteiger partial charge < -0.3 is 24.8 Å². The molecule has 0 saturated carbocycles. The highest BCUT2D eigenvalue weighted by atomic mass is 16.7. The Kier molecular flexibility index (Phi) is 14.0. The van der Waals surface area contributed by atoms with Crippen molar-refractivity contribution < 1.29 is 24.8 Å². The molecule has 0 radical (unpaired) electrons. The molecule has 3 N–H and O–H groups in total. The molecule has 0 amide bonds. The lowest BCUT2D eigenvalue weighted by molar-refractivity contribution is -0.229. The highest BCUT2D eigenvalue weighted by molar-refractivity contribution is 5.28. The summed E-state index contributed by atoms with van der Waals surface area (Å²) >= 11 is 0. The maximum absolute atomic E-state index is 9.95.